The van der Waals surface area contributed by atoms with Crippen LogP contribution in [-0.2, 0) is 27.2 Å². The average molecular weight is 545 g/mol. The van der Waals surface area contributed by atoms with Crippen LogP contribution in [0.4, 0.5) is 4.79 Å². The first-order valence-corrected chi connectivity index (χ1v) is 13.4. The molecule has 8 N–H and O–H groups in total. The highest BCUT2D eigenvalue weighted by atomic mass is 16.5. The van der Waals surface area contributed by atoms with Gasteiger partial charge in [-0.3, -0.25) is 9.59 Å². The molecule has 0 saturated carbocycles. The van der Waals surface area contributed by atoms with E-state index in [0.717, 1.165) is 32.8 Å². The predicted molar refractivity (Wildman–Crippen MR) is 156 cm³/mol. The van der Waals surface area contributed by atoms with Gasteiger partial charge in [-0.15, -0.1) is 0 Å². The zero-order valence-electron chi connectivity index (χ0n) is 22.3. The number of carbonyl (C=O) groups is 3. The molecule has 1 heterocycles. The lowest BCUT2D eigenvalue weighted by atomic mass is 10.00. The van der Waals surface area contributed by atoms with E-state index in [4.69, 9.17) is 16.2 Å². The van der Waals surface area contributed by atoms with E-state index in [9.17, 15) is 14.4 Å². The minimum Gasteiger partial charge on any atom is -0.448 e. The normalized spacial score (nSPS) is 12.6. The largest absolute Gasteiger partial charge is 0.448 e. The van der Waals surface area contributed by atoms with Gasteiger partial charge in [0.05, 0.1) is 0 Å². The van der Waals surface area contributed by atoms with Gasteiger partial charge in [0.2, 0.25) is 11.8 Å². The van der Waals surface area contributed by atoms with E-state index >= 15 is 0 Å². The summed E-state index contributed by atoms with van der Waals surface area (Å²) in [6.45, 7) is 0.996. The molecule has 10 heteroatoms. The van der Waals surface area contributed by atoms with E-state index in [1.807, 2.05) is 72.9 Å². The zero-order chi connectivity index (χ0) is 28.3. The Morgan fingerprint density at radius 3 is 2.38 bits per heavy atom. The van der Waals surface area contributed by atoms with Gasteiger partial charge in [0.1, 0.15) is 18.7 Å². The number of aromatic amines is 1. The van der Waals surface area contributed by atoms with Crippen molar-refractivity contribution in [3.8, 4) is 0 Å². The van der Waals surface area contributed by atoms with Gasteiger partial charge in [-0.25, -0.2) is 4.79 Å². The summed E-state index contributed by atoms with van der Waals surface area (Å²) in [4.78, 5) is 42.5. The minimum atomic E-state index is -1.000. The summed E-state index contributed by atoms with van der Waals surface area (Å²) in [5.41, 5.74) is 13.7. The highest BCUT2D eigenvalue weighted by Crippen LogP contribution is 2.20. The van der Waals surface area contributed by atoms with Crippen LogP contribution in [0.2, 0.25) is 0 Å². The van der Waals surface area contributed by atoms with Crippen LogP contribution in [0.1, 0.15) is 17.5 Å². The first-order chi connectivity index (χ1) is 19.5. The fourth-order valence-electron chi connectivity index (χ4n) is 4.59. The highest BCUT2D eigenvalue weighted by Gasteiger charge is 2.28. The van der Waals surface area contributed by atoms with Crippen molar-refractivity contribution >= 4 is 39.6 Å². The van der Waals surface area contributed by atoms with Crippen molar-refractivity contribution in [1.82, 2.24) is 20.9 Å². The predicted octanol–water partition coefficient (Wildman–Crippen LogP) is 2.11. The number of fused-ring (bicyclic) bond motifs is 2. The topological polar surface area (TPSA) is 164 Å². The lowest BCUT2D eigenvalue weighted by molar-refractivity contribution is -0.130. The number of para-hydroxylation sites is 1. The number of nitrogens with two attached hydrogens (primary N) is 2. The third-order valence-corrected chi connectivity index (χ3v) is 6.63. The number of carbonyl (C=O) groups excluding carboxylic acids is 3. The molecular formula is C30H36N6O4. The van der Waals surface area contributed by atoms with E-state index < -0.39 is 24.1 Å². The lowest BCUT2D eigenvalue weighted by Crippen LogP contribution is -2.55. The number of nitrogens with one attached hydrogen (secondary N) is 4. The molecule has 0 saturated heterocycles. The van der Waals surface area contributed by atoms with E-state index in [1.54, 1.807) is 0 Å². The van der Waals surface area contributed by atoms with E-state index in [-0.39, 0.29) is 31.9 Å². The van der Waals surface area contributed by atoms with Crippen molar-refractivity contribution in [3.05, 3.63) is 84.1 Å². The summed E-state index contributed by atoms with van der Waals surface area (Å²) in [6.07, 6.45) is 2.11. The first-order valence-electron chi connectivity index (χ1n) is 13.4. The molecule has 2 atom stereocenters. The van der Waals surface area contributed by atoms with E-state index in [2.05, 4.69) is 20.9 Å². The maximum absolute atomic E-state index is 13.6. The fourth-order valence-corrected chi connectivity index (χ4v) is 4.59. The second kappa shape index (κ2) is 14.1. The van der Waals surface area contributed by atoms with E-state index in [0.29, 0.717) is 19.5 Å². The number of aromatic nitrogens is 1. The molecule has 0 aliphatic rings. The summed E-state index contributed by atoms with van der Waals surface area (Å²) in [6, 6.07) is 19.7. The number of ether oxygens (including phenoxy) is 1. The van der Waals surface area contributed by atoms with Crippen molar-refractivity contribution in [2.45, 2.75) is 31.3 Å². The third-order valence-electron chi connectivity index (χ3n) is 6.63. The second-order valence-corrected chi connectivity index (χ2v) is 9.57. The lowest BCUT2D eigenvalue weighted by Gasteiger charge is -2.23. The smallest absolute Gasteiger partial charge is 0.407 e. The van der Waals surface area contributed by atoms with Crippen molar-refractivity contribution in [2.24, 2.45) is 11.5 Å². The molecule has 3 aromatic carbocycles. The molecule has 4 aromatic rings. The summed E-state index contributed by atoms with van der Waals surface area (Å²) >= 11 is 0. The number of benzene rings is 3. The SMILES string of the molecule is NCCCNC(=O)[C@H](Cc1ccc2ccccc2c1)NC(=O)C(Cc1c[nH]c2ccccc12)NC(=O)OCCN. The molecule has 0 radical (unpaired) electrons. The molecule has 0 bridgehead atoms. The van der Waals surface area contributed by atoms with Crippen LogP contribution >= 0.6 is 0 Å². The van der Waals surface area contributed by atoms with Gasteiger partial charge in [-0.05, 0) is 40.9 Å². The van der Waals surface area contributed by atoms with Crippen LogP contribution in [0.15, 0.2) is 72.9 Å². The number of hydrogen-bond donors (Lipinski definition) is 6. The molecule has 0 fully saturated rings. The molecule has 4 rings (SSSR count). The summed E-state index contributed by atoms with van der Waals surface area (Å²) in [5, 5.41) is 11.4. The first kappa shape index (κ1) is 28.6. The number of amides is 3. The maximum Gasteiger partial charge on any atom is 0.407 e. The van der Waals surface area contributed by atoms with Gasteiger partial charge in [0, 0.05) is 43.0 Å². The Hall–Kier alpha value is -4.41. The van der Waals surface area contributed by atoms with Gasteiger partial charge in [-0.2, -0.15) is 0 Å². The van der Waals surface area contributed by atoms with Gasteiger partial charge in [-0.1, -0.05) is 60.7 Å². The molecule has 0 aliphatic carbocycles. The molecule has 1 unspecified atom stereocenters. The molecule has 40 heavy (non-hydrogen) atoms. The van der Waals surface area contributed by atoms with Crippen molar-refractivity contribution < 1.29 is 19.1 Å². The Morgan fingerprint density at radius 1 is 0.825 bits per heavy atom. The Bertz CT molecular complexity index is 1450. The fraction of sp³-hybridized carbons (Fsp3) is 0.300. The standard InChI is InChI=1S/C30H36N6O4/c31-12-5-14-33-28(37)26(17-20-10-11-21-6-1-2-7-22(21)16-20)35-29(38)27(36-30(39)40-15-13-32)18-23-19-34-25-9-4-3-8-24(23)25/h1-4,6-11,16,19,26-27,34H,5,12-15,17-18,31-32H2,(H,33,37)(H,35,38)(H,36,39)/t26-,27?/m0/s1. The van der Waals surface area contributed by atoms with Crippen molar-refractivity contribution in [3.63, 3.8) is 0 Å². The molecular weight excluding hydrogens is 508 g/mol. The van der Waals surface area contributed by atoms with Gasteiger partial charge in [0.15, 0.2) is 0 Å². The molecule has 10 nitrogen and oxygen atoms in total. The highest BCUT2D eigenvalue weighted by molar-refractivity contribution is 5.92. The summed E-state index contributed by atoms with van der Waals surface area (Å²) in [7, 11) is 0. The van der Waals surface area contributed by atoms with Crippen LogP contribution in [0.3, 0.4) is 0 Å². The van der Waals surface area contributed by atoms with Crippen molar-refractivity contribution in [1.29, 1.82) is 0 Å². The number of H-pyrrole nitrogens is 1. The van der Waals surface area contributed by atoms with Gasteiger partial charge in [0.25, 0.3) is 0 Å². The van der Waals surface area contributed by atoms with Crippen LogP contribution < -0.4 is 27.4 Å². The number of hydrogen-bond acceptors (Lipinski definition) is 6. The van der Waals surface area contributed by atoms with Crippen molar-refractivity contribution in [2.75, 3.05) is 26.2 Å². The Kier molecular flexibility index (Phi) is 10.1. The van der Waals surface area contributed by atoms with Crippen LogP contribution in [0.25, 0.3) is 21.7 Å². The van der Waals surface area contributed by atoms with E-state index in [1.165, 1.54) is 0 Å². The Balaban J connectivity index is 1.56. The molecule has 1 aromatic heterocycles. The Morgan fingerprint density at radius 2 is 1.57 bits per heavy atom. The maximum atomic E-state index is 13.6. The number of alkyl carbamates (subject to hydrolysis) is 1. The zero-order valence-corrected chi connectivity index (χ0v) is 22.3. The average Bonchev–Trinajstić information content (AvgIpc) is 3.38. The second-order valence-electron chi connectivity index (χ2n) is 9.57. The number of rotatable bonds is 13. The molecule has 0 aliphatic heterocycles. The van der Waals surface area contributed by atoms with Gasteiger partial charge >= 0.3 is 6.09 Å². The molecule has 210 valence electrons. The summed E-state index contributed by atoms with van der Waals surface area (Å²) < 4.78 is 5.08. The monoisotopic (exact) mass is 544 g/mol. The van der Waals surface area contributed by atoms with Crippen LogP contribution in [0, 0.1) is 0 Å². The summed E-state index contributed by atoms with van der Waals surface area (Å²) in [5.74, 6) is -0.832. The third kappa shape index (κ3) is 7.58. The van der Waals surface area contributed by atoms with Crippen LogP contribution in [-0.4, -0.2) is 61.2 Å². The molecule has 3 amide bonds. The minimum absolute atomic E-state index is 0.0153. The van der Waals surface area contributed by atoms with Gasteiger partial charge < -0.3 is 37.1 Å². The van der Waals surface area contributed by atoms with Crippen LogP contribution in [0.5, 0.6) is 0 Å². The quantitative estimate of drug-likeness (QED) is 0.141. The molecule has 0 spiro atoms. The Labute approximate surface area is 232 Å².